The van der Waals surface area contributed by atoms with Gasteiger partial charge in [-0.15, -0.1) is 0 Å². The number of nitrogens with one attached hydrogen (secondary N) is 1. The van der Waals surface area contributed by atoms with Crippen LogP contribution in [0.1, 0.15) is 49.2 Å². The van der Waals surface area contributed by atoms with Crippen LogP contribution in [0.2, 0.25) is 0 Å². The standard InChI is InChI=1S/C27H31F2N5O4/c1-17(2)33(11-4-12-35)27(37)23-24(31-16-36)32-25(34(23)14-19-8-9-21(28)22(29)13-19)20-5-3-10-30-26(20)38-15-18-6-7-18/h3,5,8-10,13,16-18,35H,4,6-7,11-12,14-15H2,1-2H3,(H,31,36). The largest absolute Gasteiger partial charge is 0.477 e. The summed E-state index contributed by atoms with van der Waals surface area (Å²) >= 11 is 0. The van der Waals surface area contributed by atoms with Crippen molar-refractivity contribution in [2.45, 2.75) is 45.7 Å². The third kappa shape index (κ3) is 6.16. The molecule has 0 saturated heterocycles. The zero-order chi connectivity index (χ0) is 27.2. The predicted molar refractivity (Wildman–Crippen MR) is 137 cm³/mol. The highest BCUT2D eigenvalue weighted by Crippen LogP contribution is 2.35. The number of hydrogen-bond acceptors (Lipinski definition) is 6. The molecule has 0 atom stereocenters. The van der Waals surface area contributed by atoms with Gasteiger partial charge < -0.3 is 24.6 Å². The Hall–Kier alpha value is -3.86. The van der Waals surface area contributed by atoms with E-state index in [0.717, 1.165) is 25.0 Å². The van der Waals surface area contributed by atoms with Crippen molar-refractivity contribution in [1.29, 1.82) is 0 Å². The van der Waals surface area contributed by atoms with E-state index in [4.69, 9.17) is 4.74 Å². The number of anilines is 1. The van der Waals surface area contributed by atoms with Gasteiger partial charge in [-0.05, 0) is 68.9 Å². The SMILES string of the molecule is CC(C)N(CCCO)C(=O)c1c(NC=O)nc(-c2cccnc2OCC2CC2)n1Cc1ccc(F)c(F)c1. The van der Waals surface area contributed by atoms with Crippen LogP contribution in [0.5, 0.6) is 5.88 Å². The smallest absolute Gasteiger partial charge is 0.274 e. The summed E-state index contributed by atoms with van der Waals surface area (Å²) in [6.45, 7) is 4.27. The molecular weight excluding hydrogens is 496 g/mol. The van der Waals surface area contributed by atoms with Crippen LogP contribution in [0.4, 0.5) is 14.6 Å². The normalized spacial score (nSPS) is 13.0. The van der Waals surface area contributed by atoms with Gasteiger partial charge in [0.1, 0.15) is 5.82 Å². The summed E-state index contributed by atoms with van der Waals surface area (Å²) in [6, 6.07) is 6.70. The fraction of sp³-hybridized carbons (Fsp3) is 0.407. The van der Waals surface area contributed by atoms with Gasteiger partial charge in [0.2, 0.25) is 12.3 Å². The van der Waals surface area contributed by atoms with Crippen LogP contribution in [0.3, 0.4) is 0 Å². The summed E-state index contributed by atoms with van der Waals surface area (Å²) in [6.07, 6.45) is 4.52. The third-order valence-electron chi connectivity index (χ3n) is 6.30. The van der Waals surface area contributed by atoms with Gasteiger partial charge >= 0.3 is 0 Å². The molecule has 2 N–H and O–H groups in total. The average molecular weight is 528 g/mol. The number of benzene rings is 1. The Kier molecular flexibility index (Phi) is 8.67. The fourth-order valence-corrected chi connectivity index (χ4v) is 4.13. The van der Waals surface area contributed by atoms with E-state index in [1.807, 2.05) is 13.8 Å². The zero-order valence-electron chi connectivity index (χ0n) is 21.4. The summed E-state index contributed by atoms with van der Waals surface area (Å²) in [5.74, 6) is -1.40. The quantitative estimate of drug-likeness (QED) is 0.327. The lowest BCUT2D eigenvalue weighted by molar-refractivity contribution is -0.105. The van der Waals surface area contributed by atoms with Gasteiger partial charge in [0.05, 0.1) is 18.7 Å². The van der Waals surface area contributed by atoms with Crippen molar-refractivity contribution in [3.05, 3.63) is 59.4 Å². The van der Waals surface area contributed by atoms with Crippen molar-refractivity contribution in [3.63, 3.8) is 0 Å². The van der Waals surface area contributed by atoms with Crippen LogP contribution in [0, 0.1) is 17.6 Å². The molecule has 1 aliphatic carbocycles. The lowest BCUT2D eigenvalue weighted by Crippen LogP contribution is -2.39. The molecule has 38 heavy (non-hydrogen) atoms. The van der Waals surface area contributed by atoms with E-state index in [1.165, 1.54) is 6.07 Å². The predicted octanol–water partition coefficient (Wildman–Crippen LogP) is 3.86. The van der Waals surface area contributed by atoms with E-state index >= 15 is 0 Å². The molecule has 4 rings (SSSR count). The van der Waals surface area contributed by atoms with E-state index in [0.29, 0.717) is 42.4 Å². The summed E-state index contributed by atoms with van der Waals surface area (Å²) < 4.78 is 35.3. The number of carbonyl (C=O) groups is 2. The topological polar surface area (TPSA) is 110 Å². The van der Waals surface area contributed by atoms with Gasteiger partial charge in [-0.2, -0.15) is 0 Å². The maximum atomic E-state index is 14.1. The Morgan fingerprint density at radius 3 is 2.74 bits per heavy atom. The van der Waals surface area contributed by atoms with Gasteiger partial charge in [-0.3, -0.25) is 9.59 Å². The van der Waals surface area contributed by atoms with E-state index in [1.54, 1.807) is 27.8 Å². The number of aromatic nitrogens is 3. The molecule has 11 heteroatoms. The summed E-state index contributed by atoms with van der Waals surface area (Å²) in [7, 11) is 0. The Morgan fingerprint density at radius 2 is 2.08 bits per heavy atom. The first-order valence-electron chi connectivity index (χ1n) is 12.6. The van der Waals surface area contributed by atoms with Gasteiger partial charge in [0, 0.05) is 25.4 Å². The van der Waals surface area contributed by atoms with E-state index < -0.39 is 17.5 Å². The number of hydrogen-bond donors (Lipinski definition) is 2. The van der Waals surface area contributed by atoms with Crippen LogP contribution in [-0.2, 0) is 11.3 Å². The molecule has 0 aliphatic heterocycles. The van der Waals surface area contributed by atoms with Crippen LogP contribution < -0.4 is 10.1 Å². The molecule has 2 heterocycles. The molecule has 0 bridgehead atoms. The van der Waals surface area contributed by atoms with Crippen molar-refractivity contribution in [2.75, 3.05) is 25.1 Å². The van der Waals surface area contributed by atoms with Crippen molar-refractivity contribution in [3.8, 4) is 17.3 Å². The highest BCUT2D eigenvalue weighted by Gasteiger charge is 2.31. The zero-order valence-corrected chi connectivity index (χ0v) is 21.4. The maximum absolute atomic E-state index is 14.1. The lowest BCUT2D eigenvalue weighted by Gasteiger charge is -2.27. The van der Waals surface area contributed by atoms with E-state index in [9.17, 15) is 23.5 Å². The first kappa shape index (κ1) is 27.2. The first-order valence-corrected chi connectivity index (χ1v) is 12.6. The molecular formula is C27H31F2N5O4. The maximum Gasteiger partial charge on any atom is 0.274 e. The third-order valence-corrected chi connectivity index (χ3v) is 6.30. The summed E-state index contributed by atoms with van der Waals surface area (Å²) in [5.41, 5.74) is 0.917. The Labute approximate surface area is 219 Å². The van der Waals surface area contributed by atoms with Crippen molar-refractivity contribution in [2.24, 2.45) is 5.92 Å². The fourth-order valence-electron chi connectivity index (χ4n) is 4.13. The molecule has 202 valence electrons. The second-order valence-corrected chi connectivity index (χ2v) is 9.51. The monoisotopic (exact) mass is 527 g/mol. The van der Waals surface area contributed by atoms with Crippen LogP contribution in [-0.4, -0.2) is 62.7 Å². The average Bonchev–Trinajstić information content (AvgIpc) is 3.66. The second-order valence-electron chi connectivity index (χ2n) is 9.51. The minimum atomic E-state index is -1.02. The lowest BCUT2D eigenvalue weighted by atomic mass is 10.2. The Balaban J connectivity index is 1.88. The highest BCUT2D eigenvalue weighted by atomic mass is 19.2. The molecule has 1 saturated carbocycles. The van der Waals surface area contributed by atoms with Crippen LogP contribution in [0.15, 0.2) is 36.5 Å². The molecule has 2 amide bonds. The molecule has 0 spiro atoms. The number of pyridine rings is 1. The number of halogens is 2. The summed E-state index contributed by atoms with van der Waals surface area (Å²) in [4.78, 5) is 36.0. The van der Waals surface area contributed by atoms with Crippen LogP contribution >= 0.6 is 0 Å². The molecule has 1 aliphatic rings. The molecule has 0 radical (unpaired) electrons. The van der Waals surface area contributed by atoms with Gasteiger partial charge in [0.15, 0.2) is 23.1 Å². The van der Waals surface area contributed by atoms with Crippen molar-refractivity contribution >= 4 is 18.1 Å². The minimum absolute atomic E-state index is 0.00854. The minimum Gasteiger partial charge on any atom is -0.477 e. The highest BCUT2D eigenvalue weighted by molar-refractivity contribution is 6.00. The van der Waals surface area contributed by atoms with Gasteiger partial charge in [-0.1, -0.05) is 6.07 Å². The van der Waals surface area contributed by atoms with Gasteiger partial charge in [-0.25, -0.2) is 18.7 Å². The number of nitrogens with zero attached hydrogens (tertiary/aromatic N) is 4. The van der Waals surface area contributed by atoms with E-state index in [2.05, 4.69) is 15.3 Å². The number of aliphatic hydroxyl groups is 1. The van der Waals surface area contributed by atoms with E-state index in [-0.39, 0.29) is 43.1 Å². The summed E-state index contributed by atoms with van der Waals surface area (Å²) in [5, 5.41) is 11.9. The Morgan fingerprint density at radius 1 is 1.29 bits per heavy atom. The number of aliphatic hydroxyl groups excluding tert-OH is 1. The molecule has 1 fully saturated rings. The number of amides is 2. The molecule has 1 aromatic carbocycles. The number of ether oxygens (including phenoxy) is 1. The number of carbonyl (C=O) groups excluding carboxylic acids is 2. The van der Waals surface area contributed by atoms with Crippen molar-refractivity contribution < 1.29 is 28.2 Å². The number of rotatable bonds is 13. The van der Waals surface area contributed by atoms with Gasteiger partial charge in [0.25, 0.3) is 5.91 Å². The Bertz CT molecular complexity index is 1290. The number of imidazole rings is 1. The molecule has 2 aromatic heterocycles. The second kappa shape index (κ2) is 12.1. The first-order chi connectivity index (χ1) is 18.3. The molecule has 0 unspecified atom stereocenters. The van der Waals surface area contributed by atoms with Crippen molar-refractivity contribution in [1.82, 2.24) is 19.4 Å². The molecule has 3 aromatic rings. The molecule has 9 nitrogen and oxygen atoms in total. The van der Waals surface area contributed by atoms with Crippen LogP contribution in [0.25, 0.3) is 11.4 Å².